The molecule has 3 rings (SSSR count). The van der Waals surface area contributed by atoms with Gasteiger partial charge in [0.2, 0.25) is 0 Å². The van der Waals surface area contributed by atoms with Crippen molar-refractivity contribution in [2.24, 2.45) is 0 Å². The van der Waals surface area contributed by atoms with E-state index in [0.717, 1.165) is 5.56 Å². The van der Waals surface area contributed by atoms with Crippen molar-refractivity contribution in [3.63, 3.8) is 0 Å². The van der Waals surface area contributed by atoms with Crippen molar-refractivity contribution < 1.29 is 9.90 Å². The molecule has 2 aromatic heterocycles. The predicted molar refractivity (Wildman–Crippen MR) is 88.3 cm³/mol. The summed E-state index contributed by atoms with van der Waals surface area (Å²) < 4.78 is 0. The molecule has 116 valence electrons. The van der Waals surface area contributed by atoms with Crippen LogP contribution in [0.4, 0.5) is 11.5 Å². The molecule has 0 fully saturated rings. The average Bonchev–Trinajstić information content (AvgIpc) is 2.56. The molecule has 0 bridgehead atoms. The number of anilines is 2. The van der Waals surface area contributed by atoms with Gasteiger partial charge < -0.3 is 10.4 Å². The maximum atomic E-state index is 11.1. The van der Waals surface area contributed by atoms with Crippen molar-refractivity contribution in [2.45, 2.75) is 12.1 Å². The molecule has 3 aromatic rings. The number of hydrogen-bond acceptors (Lipinski definition) is 7. The summed E-state index contributed by atoms with van der Waals surface area (Å²) in [6, 6.07) is 4.88. The summed E-state index contributed by atoms with van der Waals surface area (Å²) in [5, 5.41) is 12.9. The lowest BCUT2D eigenvalue weighted by Crippen LogP contribution is -2.03. The van der Waals surface area contributed by atoms with Gasteiger partial charge in [-0.2, -0.15) is 0 Å². The van der Waals surface area contributed by atoms with E-state index >= 15 is 0 Å². The Morgan fingerprint density at radius 2 is 2.09 bits per heavy atom. The van der Waals surface area contributed by atoms with Crippen molar-refractivity contribution in [2.75, 3.05) is 11.6 Å². The molecule has 0 aliphatic carbocycles. The third kappa shape index (κ3) is 3.07. The Morgan fingerprint density at radius 3 is 2.83 bits per heavy atom. The highest BCUT2D eigenvalue weighted by Crippen LogP contribution is 2.25. The van der Waals surface area contributed by atoms with Crippen molar-refractivity contribution in [1.82, 2.24) is 19.9 Å². The number of thioether (sulfide) groups is 1. The van der Waals surface area contributed by atoms with Gasteiger partial charge >= 0.3 is 5.97 Å². The molecule has 23 heavy (non-hydrogen) atoms. The standard InChI is InChI=1S/C15H13N5O2S/c1-8-3-4-9(14(21)22)5-10(8)19-13-12-11(17-7-18-13)6-16-15(20-12)23-2/h3-7H,1-2H3,(H,21,22)(H,17,18,19). The molecule has 0 saturated carbocycles. The first-order chi connectivity index (χ1) is 11.1. The molecule has 0 unspecified atom stereocenters. The number of carbonyl (C=O) groups is 1. The predicted octanol–water partition coefficient (Wildman–Crippen LogP) is 2.89. The summed E-state index contributed by atoms with van der Waals surface area (Å²) in [6.45, 7) is 1.89. The summed E-state index contributed by atoms with van der Waals surface area (Å²) in [5.74, 6) is -0.467. The normalized spacial score (nSPS) is 10.7. The Labute approximate surface area is 136 Å². The zero-order chi connectivity index (χ0) is 16.4. The van der Waals surface area contributed by atoms with E-state index in [1.807, 2.05) is 13.2 Å². The van der Waals surface area contributed by atoms with E-state index in [2.05, 4.69) is 25.3 Å². The summed E-state index contributed by atoms with van der Waals surface area (Å²) in [5.41, 5.74) is 2.98. The highest BCUT2D eigenvalue weighted by atomic mass is 32.2. The number of hydrogen-bond donors (Lipinski definition) is 2. The lowest BCUT2D eigenvalue weighted by molar-refractivity contribution is 0.0697. The van der Waals surface area contributed by atoms with Crippen LogP contribution in [0.15, 0.2) is 35.9 Å². The van der Waals surface area contributed by atoms with E-state index in [4.69, 9.17) is 5.11 Å². The van der Waals surface area contributed by atoms with Crippen LogP contribution in [0, 0.1) is 6.92 Å². The minimum Gasteiger partial charge on any atom is -0.478 e. The molecular formula is C15H13N5O2S. The fraction of sp³-hybridized carbons (Fsp3) is 0.133. The summed E-state index contributed by atoms with van der Waals surface area (Å²) >= 11 is 1.42. The van der Waals surface area contributed by atoms with Gasteiger partial charge in [-0.05, 0) is 30.9 Å². The number of rotatable bonds is 4. The van der Waals surface area contributed by atoms with E-state index in [1.165, 1.54) is 18.1 Å². The minimum atomic E-state index is -0.979. The molecule has 0 spiro atoms. The smallest absolute Gasteiger partial charge is 0.335 e. The second kappa shape index (κ2) is 6.17. The van der Waals surface area contributed by atoms with Crippen LogP contribution in [0.3, 0.4) is 0 Å². The molecule has 8 heteroatoms. The Balaban J connectivity index is 2.08. The molecule has 2 heterocycles. The average molecular weight is 327 g/mol. The monoisotopic (exact) mass is 327 g/mol. The highest BCUT2D eigenvalue weighted by molar-refractivity contribution is 7.98. The number of carboxylic acid groups (broad SMARTS) is 1. The van der Waals surface area contributed by atoms with Gasteiger partial charge in [0.15, 0.2) is 11.0 Å². The number of nitrogens with zero attached hydrogens (tertiary/aromatic N) is 4. The third-order valence-electron chi connectivity index (χ3n) is 3.28. The van der Waals surface area contributed by atoms with Crippen molar-refractivity contribution >= 4 is 40.3 Å². The minimum absolute atomic E-state index is 0.205. The molecule has 1 aromatic carbocycles. The van der Waals surface area contributed by atoms with Crippen LogP contribution in [0.5, 0.6) is 0 Å². The maximum Gasteiger partial charge on any atom is 0.335 e. The fourth-order valence-corrected chi connectivity index (χ4v) is 2.39. The van der Waals surface area contributed by atoms with Gasteiger partial charge in [-0.15, -0.1) is 0 Å². The summed E-state index contributed by atoms with van der Waals surface area (Å²) in [6.07, 6.45) is 4.95. The fourth-order valence-electron chi connectivity index (χ4n) is 2.05. The lowest BCUT2D eigenvalue weighted by Gasteiger charge is -2.11. The van der Waals surface area contributed by atoms with Gasteiger partial charge in [0, 0.05) is 5.69 Å². The van der Waals surface area contributed by atoms with E-state index in [9.17, 15) is 4.79 Å². The molecule has 0 atom stereocenters. The first-order valence-corrected chi connectivity index (χ1v) is 7.93. The Hall–Kier alpha value is -2.74. The van der Waals surface area contributed by atoms with Gasteiger partial charge in [-0.1, -0.05) is 17.8 Å². The summed E-state index contributed by atoms with van der Waals surface area (Å²) in [7, 11) is 0. The Bertz CT molecular complexity index is 900. The van der Waals surface area contributed by atoms with Crippen LogP contribution < -0.4 is 5.32 Å². The van der Waals surface area contributed by atoms with Crippen molar-refractivity contribution in [3.8, 4) is 0 Å². The number of aromatic carboxylic acids is 1. The third-order valence-corrected chi connectivity index (χ3v) is 3.84. The van der Waals surface area contributed by atoms with Crippen LogP contribution in [0.1, 0.15) is 15.9 Å². The van der Waals surface area contributed by atoms with Gasteiger partial charge in [0.1, 0.15) is 17.4 Å². The summed E-state index contributed by atoms with van der Waals surface area (Å²) in [4.78, 5) is 28.1. The van der Waals surface area contributed by atoms with E-state index in [0.29, 0.717) is 27.7 Å². The SMILES string of the molecule is CSc1ncc2ncnc(Nc3cc(C(=O)O)ccc3C)c2n1. The van der Waals surface area contributed by atoms with E-state index in [-0.39, 0.29) is 5.56 Å². The molecule has 0 saturated heterocycles. The number of aromatic nitrogens is 4. The second-order valence-corrected chi connectivity index (χ2v) is 5.55. The van der Waals surface area contributed by atoms with Crippen LogP contribution >= 0.6 is 11.8 Å². The lowest BCUT2D eigenvalue weighted by atomic mass is 10.1. The zero-order valence-corrected chi connectivity index (χ0v) is 13.3. The largest absolute Gasteiger partial charge is 0.478 e. The first kappa shape index (κ1) is 15.2. The maximum absolute atomic E-state index is 11.1. The van der Waals surface area contributed by atoms with Crippen molar-refractivity contribution in [3.05, 3.63) is 41.9 Å². The van der Waals surface area contributed by atoms with Gasteiger partial charge in [0.25, 0.3) is 0 Å². The van der Waals surface area contributed by atoms with E-state index in [1.54, 1.807) is 24.4 Å². The molecule has 0 aliphatic rings. The zero-order valence-electron chi connectivity index (χ0n) is 12.4. The van der Waals surface area contributed by atoms with Gasteiger partial charge in [0.05, 0.1) is 11.8 Å². The van der Waals surface area contributed by atoms with Crippen LogP contribution in [0.2, 0.25) is 0 Å². The molecule has 7 nitrogen and oxygen atoms in total. The van der Waals surface area contributed by atoms with Crippen LogP contribution in [-0.2, 0) is 0 Å². The number of nitrogens with one attached hydrogen (secondary N) is 1. The molecule has 0 amide bonds. The topological polar surface area (TPSA) is 101 Å². The van der Waals surface area contributed by atoms with Crippen molar-refractivity contribution in [1.29, 1.82) is 0 Å². The van der Waals surface area contributed by atoms with Gasteiger partial charge in [-0.3, -0.25) is 0 Å². The molecular weight excluding hydrogens is 314 g/mol. The number of benzene rings is 1. The molecule has 0 aliphatic heterocycles. The number of fused-ring (bicyclic) bond motifs is 1. The van der Waals surface area contributed by atoms with E-state index < -0.39 is 5.97 Å². The van der Waals surface area contributed by atoms with Gasteiger partial charge in [-0.25, -0.2) is 24.7 Å². The Kier molecular flexibility index (Phi) is 4.07. The highest BCUT2D eigenvalue weighted by Gasteiger charge is 2.11. The second-order valence-electron chi connectivity index (χ2n) is 4.77. The molecule has 2 N–H and O–H groups in total. The molecule has 0 radical (unpaired) electrons. The quantitative estimate of drug-likeness (QED) is 0.557. The number of aryl methyl sites for hydroxylation is 1. The van der Waals surface area contributed by atoms with Crippen LogP contribution in [0.25, 0.3) is 11.0 Å². The number of carboxylic acids is 1. The van der Waals surface area contributed by atoms with Crippen LogP contribution in [-0.4, -0.2) is 37.3 Å². The Morgan fingerprint density at radius 1 is 1.26 bits per heavy atom. The first-order valence-electron chi connectivity index (χ1n) is 6.71.